The molecule has 1 atom stereocenters. The zero-order valence-corrected chi connectivity index (χ0v) is 20.9. The lowest BCUT2D eigenvalue weighted by Gasteiger charge is -2.37. The molecule has 2 fully saturated rings. The standard InChI is InChI=1S/C24H28ClFN6O2S/c25-21-7-5-19(6-8-21)13-31-15-22(27-28-31)16-32-17-23(18-35(32,33)34)30-11-9-29(10-12-30)14-20-3-1-2-4-24(20)26/h1-8,15,23H,9-14,16-18H2. The normalized spacial score (nSPS) is 21.5. The summed E-state index contributed by atoms with van der Waals surface area (Å²) < 4.78 is 42.9. The zero-order chi connectivity index (χ0) is 24.4. The van der Waals surface area contributed by atoms with Crippen molar-refractivity contribution in [2.75, 3.05) is 38.5 Å². The molecule has 1 aromatic heterocycles. The summed E-state index contributed by atoms with van der Waals surface area (Å²) in [5.74, 6) is -0.0725. The molecule has 3 heterocycles. The second-order valence-electron chi connectivity index (χ2n) is 9.16. The SMILES string of the molecule is O=S1(=O)CC(N2CCN(Cc3ccccc3F)CC2)CN1Cc1cn(Cc2ccc(Cl)cc2)nn1. The van der Waals surface area contributed by atoms with E-state index in [1.807, 2.05) is 36.4 Å². The summed E-state index contributed by atoms with van der Waals surface area (Å²) in [6.07, 6.45) is 1.79. The molecule has 0 bridgehead atoms. The Balaban J connectivity index is 1.15. The molecule has 0 amide bonds. The molecule has 0 N–H and O–H groups in total. The van der Waals surface area contributed by atoms with Crippen LogP contribution >= 0.6 is 11.6 Å². The number of nitrogens with zero attached hydrogens (tertiary/aromatic N) is 6. The third kappa shape index (κ3) is 5.90. The number of rotatable bonds is 7. The molecule has 11 heteroatoms. The van der Waals surface area contributed by atoms with Gasteiger partial charge in [-0.25, -0.2) is 17.5 Å². The first-order valence-corrected chi connectivity index (χ1v) is 13.7. The van der Waals surface area contributed by atoms with Gasteiger partial charge in [0.25, 0.3) is 0 Å². The molecule has 1 unspecified atom stereocenters. The number of benzene rings is 2. The van der Waals surface area contributed by atoms with Gasteiger partial charge in [-0.3, -0.25) is 9.80 Å². The van der Waals surface area contributed by atoms with E-state index in [4.69, 9.17) is 11.6 Å². The van der Waals surface area contributed by atoms with Gasteiger partial charge >= 0.3 is 0 Å². The summed E-state index contributed by atoms with van der Waals surface area (Å²) in [5.41, 5.74) is 2.35. The smallest absolute Gasteiger partial charge is 0.216 e. The van der Waals surface area contributed by atoms with Crippen molar-refractivity contribution in [2.24, 2.45) is 0 Å². The van der Waals surface area contributed by atoms with Crippen LogP contribution in [0.2, 0.25) is 5.02 Å². The van der Waals surface area contributed by atoms with Crippen molar-refractivity contribution in [3.05, 3.63) is 82.4 Å². The maximum absolute atomic E-state index is 14.0. The monoisotopic (exact) mass is 518 g/mol. The third-order valence-corrected chi connectivity index (χ3v) is 8.79. The van der Waals surface area contributed by atoms with E-state index in [1.54, 1.807) is 16.9 Å². The largest absolute Gasteiger partial charge is 0.296 e. The molecule has 2 aliphatic heterocycles. The Morgan fingerprint density at radius 3 is 2.46 bits per heavy atom. The van der Waals surface area contributed by atoms with Crippen molar-refractivity contribution in [3.8, 4) is 0 Å². The second-order valence-corrected chi connectivity index (χ2v) is 11.6. The number of piperazine rings is 1. The van der Waals surface area contributed by atoms with Crippen molar-refractivity contribution in [3.63, 3.8) is 0 Å². The van der Waals surface area contributed by atoms with E-state index >= 15 is 0 Å². The predicted octanol–water partition coefficient (Wildman–Crippen LogP) is 2.45. The third-order valence-electron chi connectivity index (χ3n) is 6.67. The van der Waals surface area contributed by atoms with Crippen molar-refractivity contribution in [2.45, 2.75) is 25.7 Å². The van der Waals surface area contributed by atoms with Gasteiger partial charge in [0.05, 0.1) is 30.7 Å². The minimum atomic E-state index is -3.37. The fourth-order valence-electron chi connectivity index (χ4n) is 4.73. The molecule has 5 rings (SSSR count). The highest BCUT2D eigenvalue weighted by Crippen LogP contribution is 2.23. The number of hydrogen-bond acceptors (Lipinski definition) is 6. The highest BCUT2D eigenvalue weighted by atomic mass is 35.5. The molecule has 0 radical (unpaired) electrons. The van der Waals surface area contributed by atoms with Crippen LogP contribution in [0.3, 0.4) is 0 Å². The molecular weight excluding hydrogens is 491 g/mol. The summed E-state index contributed by atoms with van der Waals surface area (Å²) in [6, 6.07) is 14.3. The van der Waals surface area contributed by atoms with E-state index in [1.165, 1.54) is 10.4 Å². The van der Waals surface area contributed by atoms with Crippen molar-refractivity contribution in [1.82, 2.24) is 29.1 Å². The quantitative estimate of drug-likeness (QED) is 0.478. The maximum atomic E-state index is 14.0. The summed E-state index contributed by atoms with van der Waals surface area (Å²) in [4.78, 5) is 4.46. The van der Waals surface area contributed by atoms with Crippen molar-refractivity contribution >= 4 is 21.6 Å². The van der Waals surface area contributed by atoms with E-state index < -0.39 is 10.0 Å². The Labute approximate surface area is 209 Å². The number of aromatic nitrogens is 3. The summed E-state index contributed by atoms with van der Waals surface area (Å²) in [6.45, 7) is 4.86. The molecule has 2 saturated heterocycles. The van der Waals surface area contributed by atoms with Crippen LogP contribution in [0.25, 0.3) is 0 Å². The molecule has 0 aliphatic carbocycles. The Kier molecular flexibility index (Phi) is 7.17. The fraction of sp³-hybridized carbons (Fsp3) is 0.417. The van der Waals surface area contributed by atoms with Crippen LogP contribution in [-0.2, 0) is 29.7 Å². The van der Waals surface area contributed by atoms with Crippen LogP contribution in [0, 0.1) is 5.82 Å². The van der Waals surface area contributed by atoms with Gasteiger partial charge in [-0.2, -0.15) is 4.31 Å². The molecular formula is C24H28ClFN6O2S. The van der Waals surface area contributed by atoms with Crippen LogP contribution in [0.4, 0.5) is 4.39 Å². The molecule has 186 valence electrons. The first kappa shape index (κ1) is 24.3. The highest BCUT2D eigenvalue weighted by Gasteiger charge is 2.40. The Hall–Kier alpha value is -2.37. The minimum absolute atomic E-state index is 0.0558. The van der Waals surface area contributed by atoms with Crippen LogP contribution in [0.5, 0.6) is 0 Å². The van der Waals surface area contributed by atoms with Crippen LogP contribution < -0.4 is 0 Å². The van der Waals surface area contributed by atoms with Gasteiger partial charge in [0.15, 0.2) is 0 Å². The van der Waals surface area contributed by atoms with Gasteiger partial charge < -0.3 is 0 Å². The lowest BCUT2D eigenvalue weighted by atomic mass is 10.1. The summed E-state index contributed by atoms with van der Waals surface area (Å²) in [7, 11) is -3.37. The van der Waals surface area contributed by atoms with Crippen LogP contribution in [-0.4, -0.2) is 82.0 Å². The number of sulfonamides is 1. The molecule has 3 aromatic rings. The lowest BCUT2D eigenvalue weighted by molar-refractivity contribution is 0.0959. The summed E-state index contributed by atoms with van der Waals surface area (Å²) in [5, 5.41) is 9.01. The van der Waals surface area contributed by atoms with E-state index in [0.29, 0.717) is 35.9 Å². The van der Waals surface area contributed by atoms with Crippen LogP contribution in [0.1, 0.15) is 16.8 Å². The zero-order valence-electron chi connectivity index (χ0n) is 19.3. The predicted molar refractivity (Wildman–Crippen MR) is 132 cm³/mol. The maximum Gasteiger partial charge on any atom is 0.216 e. The van der Waals surface area contributed by atoms with E-state index in [0.717, 1.165) is 31.7 Å². The number of halogens is 2. The average molecular weight is 519 g/mol. The van der Waals surface area contributed by atoms with E-state index in [9.17, 15) is 12.8 Å². The molecule has 0 spiro atoms. The van der Waals surface area contributed by atoms with Gasteiger partial charge in [-0.05, 0) is 23.8 Å². The molecule has 35 heavy (non-hydrogen) atoms. The van der Waals surface area contributed by atoms with E-state index in [2.05, 4.69) is 20.1 Å². The lowest BCUT2D eigenvalue weighted by Crippen LogP contribution is -2.51. The minimum Gasteiger partial charge on any atom is -0.296 e. The van der Waals surface area contributed by atoms with Gasteiger partial charge in [0.1, 0.15) is 5.82 Å². The van der Waals surface area contributed by atoms with Gasteiger partial charge in [0.2, 0.25) is 10.0 Å². The Morgan fingerprint density at radius 1 is 0.971 bits per heavy atom. The average Bonchev–Trinajstić information content (AvgIpc) is 3.40. The van der Waals surface area contributed by atoms with Gasteiger partial charge in [-0.15, -0.1) is 5.10 Å². The van der Waals surface area contributed by atoms with Crippen molar-refractivity contribution in [1.29, 1.82) is 0 Å². The topological polar surface area (TPSA) is 74.6 Å². The molecule has 8 nitrogen and oxygen atoms in total. The Morgan fingerprint density at radius 2 is 1.71 bits per heavy atom. The van der Waals surface area contributed by atoms with Crippen molar-refractivity contribution < 1.29 is 12.8 Å². The highest BCUT2D eigenvalue weighted by molar-refractivity contribution is 7.89. The molecule has 0 saturated carbocycles. The second kappa shape index (κ2) is 10.3. The fourth-order valence-corrected chi connectivity index (χ4v) is 6.60. The number of hydrogen-bond donors (Lipinski definition) is 0. The Bertz CT molecular complexity index is 1260. The van der Waals surface area contributed by atoms with Crippen LogP contribution in [0.15, 0.2) is 54.7 Å². The van der Waals surface area contributed by atoms with Gasteiger partial charge in [-0.1, -0.05) is 47.1 Å². The molecule has 2 aromatic carbocycles. The summed E-state index contributed by atoms with van der Waals surface area (Å²) >= 11 is 5.94. The first-order valence-electron chi connectivity index (χ1n) is 11.7. The first-order chi connectivity index (χ1) is 16.9. The van der Waals surface area contributed by atoms with Gasteiger partial charge in [0, 0.05) is 55.9 Å². The molecule has 2 aliphatic rings. The van der Waals surface area contributed by atoms with E-state index in [-0.39, 0.29) is 24.2 Å².